The van der Waals surface area contributed by atoms with Crippen LogP contribution in [0.2, 0.25) is 19.6 Å². The second-order valence-electron chi connectivity index (χ2n) is 11.1. The van der Waals surface area contributed by atoms with E-state index in [-0.39, 0.29) is 29.1 Å². The van der Waals surface area contributed by atoms with Crippen molar-refractivity contribution < 1.29 is 28.2 Å². The number of carbonyl (C=O) groups excluding carboxylic acids is 1. The Balaban J connectivity index is 1.62. The zero-order valence-corrected chi connectivity index (χ0v) is 22.7. The molecule has 4 rings (SSSR count). The smallest absolute Gasteiger partial charge is 0.303 e. The zero-order valence-electron chi connectivity index (χ0n) is 21.7. The SMILES string of the molecule is C=C([C@H]1C[C@@H](CC(=O)O)C1)N1CCc2cc(OC)ccc2[C@@H]1C(=O)Nc1cc(F)c([Si](C)(C)C)c(F)c1. The van der Waals surface area contributed by atoms with Crippen LogP contribution >= 0.6 is 0 Å². The summed E-state index contributed by atoms with van der Waals surface area (Å²) in [6.45, 7) is 10.4. The average molecular weight is 529 g/mol. The number of rotatable bonds is 8. The number of benzene rings is 2. The first-order valence-corrected chi connectivity index (χ1v) is 16.0. The molecule has 2 aromatic carbocycles. The van der Waals surface area contributed by atoms with E-state index in [1.807, 2.05) is 36.7 Å². The van der Waals surface area contributed by atoms with Gasteiger partial charge in [-0.3, -0.25) is 9.59 Å². The summed E-state index contributed by atoms with van der Waals surface area (Å²) in [7, 11) is -0.674. The quantitative estimate of drug-likeness (QED) is 0.468. The van der Waals surface area contributed by atoms with Gasteiger partial charge in [0.05, 0.1) is 15.2 Å². The van der Waals surface area contributed by atoms with Crippen LogP contribution in [0, 0.1) is 23.5 Å². The number of methoxy groups -OCH3 is 1. The predicted octanol–water partition coefficient (Wildman–Crippen LogP) is 5.07. The van der Waals surface area contributed by atoms with E-state index in [9.17, 15) is 18.4 Å². The number of carboxylic acid groups (broad SMARTS) is 1. The molecule has 1 atom stereocenters. The number of carboxylic acids is 1. The topological polar surface area (TPSA) is 78.9 Å². The second-order valence-corrected chi connectivity index (χ2v) is 16.1. The van der Waals surface area contributed by atoms with Crippen molar-refractivity contribution >= 4 is 30.8 Å². The maximum Gasteiger partial charge on any atom is 0.303 e. The molecule has 1 fully saturated rings. The van der Waals surface area contributed by atoms with Crippen molar-refractivity contribution in [3.8, 4) is 5.75 Å². The molecule has 0 saturated heterocycles. The number of hydrogen-bond acceptors (Lipinski definition) is 4. The van der Waals surface area contributed by atoms with Crippen LogP contribution in [0.25, 0.3) is 0 Å². The van der Waals surface area contributed by atoms with Gasteiger partial charge < -0.3 is 20.1 Å². The van der Waals surface area contributed by atoms with Gasteiger partial charge in [-0.25, -0.2) is 8.78 Å². The largest absolute Gasteiger partial charge is 0.497 e. The molecule has 1 heterocycles. The van der Waals surface area contributed by atoms with Crippen molar-refractivity contribution in [2.24, 2.45) is 11.8 Å². The minimum atomic E-state index is -2.26. The Morgan fingerprint density at radius 2 is 1.81 bits per heavy atom. The molecular formula is C28H34F2N2O4Si. The molecule has 1 saturated carbocycles. The van der Waals surface area contributed by atoms with E-state index in [0.29, 0.717) is 31.6 Å². The van der Waals surface area contributed by atoms with Crippen LogP contribution in [0.3, 0.4) is 0 Å². The first-order chi connectivity index (χ1) is 17.4. The van der Waals surface area contributed by atoms with Gasteiger partial charge >= 0.3 is 5.97 Å². The summed E-state index contributed by atoms with van der Waals surface area (Å²) in [5, 5.41) is 11.9. The minimum Gasteiger partial charge on any atom is -0.497 e. The molecule has 2 aromatic rings. The Labute approximate surface area is 217 Å². The maximum absolute atomic E-state index is 14.9. The number of amides is 1. The number of aliphatic carboxylic acids is 1. The molecule has 37 heavy (non-hydrogen) atoms. The molecular weight excluding hydrogens is 494 g/mol. The third kappa shape index (κ3) is 5.56. The van der Waals surface area contributed by atoms with Gasteiger partial charge in [0, 0.05) is 29.5 Å². The lowest BCUT2D eigenvalue weighted by Gasteiger charge is -2.45. The standard InChI is InChI=1S/C28H34F2N2O4Si/c1-16(19-10-17(11-19)12-25(33)34)32-9-8-18-13-21(36-2)6-7-22(18)26(32)28(35)31-20-14-23(29)27(24(30)15-20)37(3,4)5/h6-7,13-15,17,19,26H,1,8-12H2,2-5H3,(H,31,35)(H,33,34)/t17-,19+,26-/m1/s1. The van der Waals surface area contributed by atoms with Crippen molar-refractivity contribution in [3.05, 3.63) is 65.4 Å². The highest BCUT2D eigenvalue weighted by atomic mass is 28.3. The van der Waals surface area contributed by atoms with Gasteiger partial charge in [0.25, 0.3) is 5.91 Å². The second kappa shape index (κ2) is 10.3. The fourth-order valence-corrected chi connectivity index (χ4v) is 7.13. The first-order valence-electron chi connectivity index (χ1n) is 12.5. The van der Waals surface area contributed by atoms with E-state index in [1.54, 1.807) is 13.2 Å². The minimum absolute atomic E-state index is 0.0679. The lowest BCUT2D eigenvalue weighted by atomic mass is 9.71. The Morgan fingerprint density at radius 1 is 1.16 bits per heavy atom. The lowest BCUT2D eigenvalue weighted by Crippen LogP contribution is -2.45. The lowest BCUT2D eigenvalue weighted by molar-refractivity contribution is -0.139. The van der Waals surface area contributed by atoms with Crippen LogP contribution in [0.5, 0.6) is 5.75 Å². The van der Waals surface area contributed by atoms with E-state index >= 15 is 0 Å². The number of nitrogens with one attached hydrogen (secondary N) is 1. The van der Waals surface area contributed by atoms with Crippen molar-refractivity contribution in [1.82, 2.24) is 4.90 Å². The van der Waals surface area contributed by atoms with Gasteiger partial charge in [-0.2, -0.15) is 0 Å². The van der Waals surface area contributed by atoms with Crippen molar-refractivity contribution in [1.29, 1.82) is 0 Å². The highest BCUT2D eigenvalue weighted by Crippen LogP contribution is 2.45. The number of nitrogens with zero attached hydrogens (tertiary/aromatic N) is 1. The van der Waals surface area contributed by atoms with Crippen molar-refractivity contribution in [3.63, 3.8) is 0 Å². The summed E-state index contributed by atoms with van der Waals surface area (Å²) in [5.41, 5.74) is 2.60. The molecule has 0 bridgehead atoms. The Morgan fingerprint density at radius 3 is 2.38 bits per heavy atom. The summed E-state index contributed by atoms with van der Waals surface area (Å²) in [4.78, 5) is 26.7. The van der Waals surface area contributed by atoms with Crippen LogP contribution in [0.1, 0.15) is 36.4 Å². The summed E-state index contributed by atoms with van der Waals surface area (Å²) in [5.74, 6) is -1.65. The van der Waals surface area contributed by atoms with Crippen molar-refractivity contribution in [2.45, 2.75) is 51.4 Å². The molecule has 1 aliphatic heterocycles. The van der Waals surface area contributed by atoms with E-state index in [4.69, 9.17) is 9.84 Å². The van der Waals surface area contributed by atoms with E-state index in [2.05, 4.69) is 11.9 Å². The van der Waals surface area contributed by atoms with Gasteiger partial charge in [0.1, 0.15) is 23.4 Å². The van der Waals surface area contributed by atoms with Gasteiger partial charge in [-0.1, -0.05) is 32.3 Å². The third-order valence-electron chi connectivity index (χ3n) is 7.43. The Hall–Kier alpha value is -3.20. The molecule has 0 radical (unpaired) electrons. The van der Waals surface area contributed by atoms with Crippen LogP contribution < -0.4 is 15.2 Å². The highest BCUT2D eigenvalue weighted by Gasteiger charge is 2.40. The van der Waals surface area contributed by atoms with Gasteiger partial charge in [0.2, 0.25) is 0 Å². The predicted molar refractivity (Wildman–Crippen MR) is 142 cm³/mol. The van der Waals surface area contributed by atoms with Gasteiger partial charge in [0.15, 0.2) is 0 Å². The highest BCUT2D eigenvalue weighted by molar-refractivity contribution is 6.88. The normalized spacial score (nSPS) is 21.0. The molecule has 0 unspecified atom stereocenters. The number of ether oxygens (including phenoxy) is 1. The summed E-state index contributed by atoms with van der Waals surface area (Å²) in [6.07, 6.45) is 2.22. The van der Waals surface area contributed by atoms with E-state index in [0.717, 1.165) is 16.8 Å². The van der Waals surface area contributed by atoms with Gasteiger partial charge in [-0.15, -0.1) is 0 Å². The fraction of sp³-hybridized carbons (Fsp3) is 0.429. The van der Waals surface area contributed by atoms with E-state index < -0.39 is 37.6 Å². The van der Waals surface area contributed by atoms with Crippen LogP contribution in [0.4, 0.5) is 14.5 Å². The molecule has 1 amide bonds. The van der Waals surface area contributed by atoms with Crippen LogP contribution in [0.15, 0.2) is 42.6 Å². The fourth-order valence-electron chi connectivity index (χ4n) is 5.55. The molecule has 0 spiro atoms. The molecule has 198 valence electrons. The number of fused-ring (bicyclic) bond motifs is 1. The zero-order chi connectivity index (χ0) is 27.1. The molecule has 6 nitrogen and oxygen atoms in total. The third-order valence-corrected chi connectivity index (χ3v) is 9.40. The first kappa shape index (κ1) is 26.8. The Kier molecular flexibility index (Phi) is 7.46. The number of halogens is 2. The van der Waals surface area contributed by atoms with E-state index in [1.165, 1.54) is 12.1 Å². The summed E-state index contributed by atoms with van der Waals surface area (Å²) in [6, 6.07) is 7.18. The maximum atomic E-state index is 14.9. The number of hydrogen-bond donors (Lipinski definition) is 2. The molecule has 2 N–H and O–H groups in total. The van der Waals surface area contributed by atoms with Crippen molar-refractivity contribution in [2.75, 3.05) is 19.0 Å². The average Bonchev–Trinajstić information content (AvgIpc) is 2.77. The number of allylic oxidation sites excluding steroid dienone is 1. The Bertz CT molecular complexity index is 1210. The molecule has 9 heteroatoms. The molecule has 2 aliphatic rings. The molecule has 0 aromatic heterocycles. The summed E-state index contributed by atoms with van der Waals surface area (Å²) < 4.78 is 35.1. The summed E-state index contributed by atoms with van der Waals surface area (Å²) >= 11 is 0. The molecule has 1 aliphatic carbocycles. The monoisotopic (exact) mass is 528 g/mol. The number of carbonyl (C=O) groups is 2. The van der Waals surface area contributed by atoms with Crippen LogP contribution in [-0.2, 0) is 16.0 Å². The van der Waals surface area contributed by atoms with Crippen LogP contribution in [-0.4, -0.2) is 43.6 Å². The number of anilines is 1. The van der Waals surface area contributed by atoms with Gasteiger partial charge in [-0.05, 0) is 66.5 Å².